The van der Waals surface area contributed by atoms with Crippen LogP contribution in [-0.4, -0.2) is 34.7 Å². The van der Waals surface area contributed by atoms with Crippen LogP contribution >= 0.6 is 11.3 Å². The highest BCUT2D eigenvalue weighted by Crippen LogP contribution is 2.33. The van der Waals surface area contributed by atoms with E-state index in [2.05, 4.69) is 63.9 Å². The van der Waals surface area contributed by atoms with Gasteiger partial charge in [0, 0.05) is 33.3 Å². The number of aromatic amines is 2. The van der Waals surface area contributed by atoms with Crippen LogP contribution in [0.1, 0.15) is 19.9 Å². The van der Waals surface area contributed by atoms with Gasteiger partial charge in [-0.1, -0.05) is 12.1 Å². The molecule has 0 unspecified atom stereocenters. The molecule has 4 aromatic heterocycles. The molecule has 0 amide bonds. The number of hydrogen-bond acceptors (Lipinski definition) is 5. The lowest BCUT2D eigenvalue weighted by Gasteiger charge is -2.12. The van der Waals surface area contributed by atoms with Gasteiger partial charge in [-0.25, -0.2) is 9.97 Å². The van der Waals surface area contributed by atoms with Crippen molar-refractivity contribution in [3.63, 3.8) is 0 Å². The van der Waals surface area contributed by atoms with E-state index < -0.39 is 0 Å². The summed E-state index contributed by atoms with van der Waals surface area (Å²) in [7, 11) is 0. The molecular weight excluding hydrogens is 430 g/mol. The number of para-hydroxylation sites is 1. The van der Waals surface area contributed by atoms with Crippen molar-refractivity contribution in [1.82, 2.24) is 34.7 Å². The van der Waals surface area contributed by atoms with Crippen LogP contribution in [0.15, 0.2) is 61.1 Å². The van der Waals surface area contributed by atoms with Crippen LogP contribution in [0.4, 0.5) is 0 Å². The number of benzene rings is 1. The summed E-state index contributed by atoms with van der Waals surface area (Å²) in [6, 6.07) is 15.0. The second-order valence-electron chi connectivity index (χ2n) is 8.49. The molecule has 0 saturated heterocycles. The number of rotatable bonds is 1. The zero-order valence-corrected chi connectivity index (χ0v) is 18.8. The Kier molecular flexibility index (Phi) is 3.78. The van der Waals surface area contributed by atoms with Crippen LogP contribution in [0.25, 0.3) is 64.8 Å². The molecule has 0 fully saturated rings. The molecule has 5 aromatic rings. The van der Waals surface area contributed by atoms with E-state index in [-0.39, 0.29) is 6.04 Å². The van der Waals surface area contributed by atoms with Crippen LogP contribution in [0.2, 0.25) is 0 Å². The third kappa shape index (κ3) is 2.74. The van der Waals surface area contributed by atoms with E-state index in [1.165, 1.54) is 0 Å². The zero-order valence-electron chi connectivity index (χ0n) is 18.0. The quantitative estimate of drug-likeness (QED) is 0.305. The minimum Gasteiger partial charge on any atom is -0.329 e. The van der Waals surface area contributed by atoms with E-state index in [4.69, 9.17) is 15.0 Å². The minimum atomic E-state index is 0.256. The molecule has 6 heterocycles. The molecule has 2 N–H and O–H groups in total. The van der Waals surface area contributed by atoms with Gasteiger partial charge in [0.2, 0.25) is 0 Å². The number of H-pyrrole nitrogens is 2. The predicted octanol–water partition coefficient (Wildman–Crippen LogP) is 6.36. The minimum absolute atomic E-state index is 0.256. The molecule has 0 spiro atoms. The van der Waals surface area contributed by atoms with Crippen molar-refractivity contribution >= 4 is 64.9 Å². The van der Waals surface area contributed by atoms with E-state index in [9.17, 15) is 0 Å². The molecule has 2 aliphatic rings. The molecule has 0 saturated carbocycles. The highest BCUT2D eigenvalue weighted by atomic mass is 32.1. The fraction of sp³-hybridized carbons (Fsp3) is 0.120. The largest absolute Gasteiger partial charge is 0.329 e. The first-order valence-corrected chi connectivity index (χ1v) is 11.7. The van der Waals surface area contributed by atoms with Crippen LogP contribution < -0.4 is 0 Å². The summed E-state index contributed by atoms with van der Waals surface area (Å²) >= 11 is 1.75. The van der Waals surface area contributed by atoms with E-state index in [1.807, 2.05) is 30.7 Å². The lowest BCUT2D eigenvalue weighted by Crippen LogP contribution is -2.01. The first-order chi connectivity index (χ1) is 16.2. The second kappa shape index (κ2) is 6.73. The summed E-state index contributed by atoms with van der Waals surface area (Å²) in [6.45, 7) is 4.39. The van der Waals surface area contributed by atoms with Crippen molar-refractivity contribution in [2.45, 2.75) is 19.9 Å². The van der Waals surface area contributed by atoms with Crippen molar-refractivity contribution in [3.05, 3.63) is 61.1 Å². The SMILES string of the molecule is CC(C)n1c2cncc(c2)c2cc3c(cn2)[nH][nH]c-3c2nc3cccc(c4ccc1s4)c3n2. The molecule has 33 heavy (non-hydrogen) atoms. The van der Waals surface area contributed by atoms with E-state index in [1.54, 1.807) is 11.3 Å². The summed E-state index contributed by atoms with van der Waals surface area (Å²) in [5.41, 5.74) is 7.12. The van der Waals surface area contributed by atoms with Gasteiger partial charge in [-0.2, -0.15) is 0 Å². The maximum Gasteiger partial charge on any atom is 0.179 e. The van der Waals surface area contributed by atoms with Crippen LogP contribution in [-0.2, 0) is 0 Å². The second-order valence-corrected chi connectivity index (χ2v) is 9.56. The molecule has 7 rings (SSSR count). The lowest BCUT2D eigenvalue weighted by atomic mass is 10.1. The fourth-order valence-electron chi connectivity index (χ4n) is 4.57. The maximum absolute atomic E-state index is 4.97. The Hall–Kier alpha value is -4.04. The maximum atomic E-state index is 4.97. The number of hydrogen-bond donors (Lipinski definition) is 2. The number of imidazole rings is 1. The summed E-state index contributed by atoms with van der Waals surface area (Å²) in [6.07, 6.45) is 5.63. The molecule has 8 bridgehead atoms. The van der Waals surface area contributed by atoms with Gasteiger partial charge in [-0.15, -0.1) is 11.3 Å². The Morgan fingerprint density at radius 1 is 0.939 bits per heavy atom. The topological polar surface area (TPSA) is 88.1 Å². The Morgan fingerprint density at radius 2 is 1.88 bits per heavy atom. The smallest absolute Gasteiger partial charge is 0.179 e. The summed E-state index contributed by atoms with van der Waals surface area (Å²) in [5, 5.41) is 8.52. The summed E-state index contributed by atoms with van der Waals surface area (Å²) in [4.78, 5) is 20.2. The monoisotopic (exact) mass is 449 g/mol. The zero-order chi connectivity index (χ0) is 22.1. The number of thiophene rings is 1. The van der Waals surface area contributed by atoms with Crippen LogP contribution in [0.5, 0.6) is 0 Å². The van der Waals surface area contributed by atoms with Gasteiger partial charge in [0.1, 0.15) is 5.69 Å². The standard InChI is InChI=1S/C25H19N7S/c1-13(2)32-15-8-14(10-26-11-15)19-9-17-20(12-27-19)30-31-24(17)25-28-18-5-3-4-16(23(18)29-25)21-6-7-22(32)33-21/h3-13,30-31H,1-2H3. The molecule has 0 aliphatic carbocycles. The Labute approximate surface area is 191 Å². The third-order valence-electron chi connectivity index (χ3n) is 6.09. The number of nitrogens with zero attached hydrogens (tertiary/aromatic N) is 5. The predicted molar refractivity (Wildman–Crippen MR) is 134 cm³/mol. The molecule has 7 nitrogen and oxygen atoms in total. The number of aromatic nitrogens is 7. The average Bonchev–Trinajstić information content (AvgIpc) is 3.55. The Balaban J connectivity index is 1.76. The highest BCUT2D eigenvalue weighted by Gasteiger charge is 2.15. The molecule has 8 heteroatoms. The van der Waals surface area contributed by atoms with Gasteiger partial charge in [-0.3, -0.25) is 20.2 Å². The van der Waals surface area contributed by atoms with Crippen molar-refractivity contribution < 1.29 is 0 Å². The van der Waals surface area contributed by atoms with Crippen molar-refractivity contribution in [1.29, 1.82) is 0 Å². The third-order valence-corrected chi connectivity index (χ3v) is 7.20. The van der Waals surface area contributed by atoms with Gasteiger partial charge in [0.25, 0.3) is 0 Å². The molecule has 160 valence electrons. The Morgan fingerprint density at radius 3 is 2.79 bits per heavy atom. The molecule has 1 aromatic carbocycles. The van der Waals surface area contributed by atoms with Crippen molar-refractivity contribution in [2.24, 2.45) is 0 Å². The highest BCUT2D eigenvalue weighted by molar-refractivity contribution is 7.23. The number of nitrogens with one attached hydrogen (secondary N) is 2. The first kappa shape index (κ1) is 18.5. The molecular formula is C25H19N7S. The molecule has 0 atom stereocenters. The van der Waals surface area contributed by atoms with Gasteiger partial charge in [0.05, 0.1) is 44.8 Å². The molecule has 2 aliphatic heterocycles. The van der Waals surface area contributed by atoms with E-state index >= 15 is 0 Å². The molecule has 0 radical (unpaired) electrons. The van der Waals surface area contributed by atoms with Gasteiger partial charge < -0.3 is 4.57 Å². The lowest BCUT2D eigenvalue weighted by molar-refractivity contribution is 0.640. The summed E-state index contributed by atoms with van der Waals surface area (Å²) < 4.78 is 3.48. The Bertz CT molecular complexity index is 1870. The van der Waals surface area contributed by atoms with Crippen LogP contribution in [0, 0.1) is 0 Å². The van der Waals surface area contributed by atoms with Gasteiger partial charge >= 0.3 is 0 Å². The first-order valence-electron chi connectivity index (χ1n) is 10.8. The van der Waals surface area contributed by atoms with Crippen molar-refractivity contribution in [2.75, 3.05) is 0 Å². The van der Waals surface area contributed by atoms with E-state index in [0.717, 1.165) is 59.1 Å². The van der Waals surface area contributed by atoms with Crippen LogP contribution in [0.3, 0.4) is 0 Å². The normalized spacial score (nSPS) is 12.2. The van der Waals surface area contributed by atoms with Crippen molar-refractivity contribution in [3.8, 4) is 11.3 Å². The van der Waals surface area contributed by atoms with Gasteiger partial charge in [0.15, 0.2) is 5.65 Å². The average molecular weight is 450 g/mol. The van der Waals surface area contributed by atoms with E-state index in [0.29, 0.717) is 5.65 Å². The van der Waals surface area contributed by atoms with Gasteiger partial charge in [-0.05, 0) is 44.2 Å². The number of pyridine rings is 2. The fourth-order valence-corrected chi connectivity index (χ4v) is 5.76. The number of fused-ring (bicyclic) bond motifs is 9. The summed E-state index contributed by atoms with van der Waals surface area (Å²) in [5.74, 6) is 0.